The van der Waals surface area contributed by atoms with Crippen molar-refractivity contribution in [1.29, 1.82) is 0 Å². The van der Waals surface area contributed by atoms with Gasteiger partial charge in [0.1, 0.15) is 28.8 Å². The molecule has 3 N–H and O–H groups in total. The Morgan fingerprint density at radius 1 is 1.00 bits per heavy atom. The number of nitrogens with one attached hydrogen (secondary N) is 1. The number of hydrogen-bond acceptors (Lipinski definition) is 6. The monoisotopic (exact) mass is 568 g/mol. The molecule has 168 valence electrons. The maximum Gasteiger partial charge on any atom is 0.255 e. The molecule has 0 unspecified atom stereocenters. The van der Waals surface area contributed by atoms with E-state index in [9.17, 15) is 13.2 Å². The minimum atomic E-state index is -4.06. The van der Waals surface area contributed by atoms with Crippen molar-refractivity contribution in [3.63, 3.8) is 0 Å². The number of methoxy groups -OCH3 is 2. The van der Waals surface area contributed by atoms with E-state index in [4.69, 9.17) is 19.3 Å². The summed E-state index contributed by atoms with van der Waals surface area (Å²) in [4.78, 5) is 12.4. The van der Waals surface area contributed by atoms with Crippen molar-refractivity contribution in [2.45, 2.75) is 11.5 Å². The molecule has 3 rings (SSSR count). The van der Waals surface area contributed by atoms with Gasteiger partial charge in [-0.15, -0.1) is 0 Å². The van der Waals surface area contributed by atoms with E-state index in [0.717, 1.165) is 3.57 Å². The number of nitrogens with two attached hydrogens (primary N) is 1. The van der Waals surface area contributed by atoms with Gasteiger partial charge in [0.15, 0.2) is 0 Å². The average Bonchev–Trinajstić information content (AvgIpc) is 2.76. The lowest BCUT2D eigenvalue weighted by Gasteiger charge is -2.15. The number of amides is 1. The molecule has 0 saturated heterocycles. The van der Waals surface area contributed by atoms with Gasteiger partial charge in [0.25, 0.3) is 5.91 Å². The Hall–Kier alpha value is -2.83. The van der Waals surface area contributed by atoms with Gasteiger partial charge in [0.05, 0.1) is 14.2 Å². The minimum absolute atomic E-state index is 0.00202. The van der Waals surface area contributed by atoms with Crippen molar-refractivity contribution in [3.05, 3.63) is 75.4 Å². The number of anilines is 1. The van der Waals surface area contributed by atoms with Crippen LogP contribution in [0.25, 0.3) is 0 Å². The topological polar surface area (TPSA) is 117 Å². The predicted octanol–water partition coefficient (Wildman–Crippen LogP) is 3.79. The third-order valence-corrected chi connectivity index (χ3v) is 6.09. The fourth-order valence-corrected chi connectivity index (χ4v) is 4.12. The number of carbonyl (C=O) groups is 1. The van der Waals surface area contributed by atoms with E-state index in [0.29, 0.717) is 28.3 Å². The summed E-state index contributed by atoms with van der Waals surface area (Å²) >= 11 is 2.12. The summed E-state index contributed by atoms with van der Waals surface area (Å²) in [5.74, 6) is 0.797. The van der Waals surface area contributed by atoms with Crippen LogP contribution in [0.1, 0.15) is 15.9 Å². The summed E-state index contributed by atoms with van der Waals surface area (Å²) in [5.41, 5.74) is 1.46. The number of hydrogen-bond donors (Lipinski definition) is 2. The van der Waals surface area contributed by atoms with Gasteiger partial charge in [0.2, 0.25) is 10.0 Å². The van der Waals surface area contributed by atoms with Crippen LogP contribution >= 0.6 is 22.6 Å². The van der Waals surface area contributed by atoms with Crippen LogP contribution in [0.2, 0.25) is 0 Å². The molecule has 0 aliphatic rings. The summed E-state index contributed by atoms with van der Waals surface area (Å²) < 4.78 is 41.3. The molecule has 10 heteroatoms. The Balaban J connectivity index is 1.89. The summed E-state index contributed by atoms with van der Waals surface area (Å²) in [5, 5.41) is 8.09. The first-order valence-electron chi connectivity index (χ1n) is 9.28. The molecule has 0 atom stereocenters. The maximum atomic E-state index is 12.6. The standard InChI is InChI=1S/C22H21IN2O6S/c1-29-18-7-8-19(30-2)15(11-18)13-31-20-12-17(6-9-21(20)32(24,27)28)25-22(26)14-4-3-5-16(23)10-14/h3-12H,13H2,1-2H3,(H,25,26)(H2,24,27,28). The highest BCUT2D eigenvalue weighted by molar-refractivity contribution is 14.1. The molecule has 0 saturated carbocycles. The van der Waals surface area contributed by atoms with Gasteiger partial charge in [-0.1, -0.05) is 6.07 Å². The lowest BCUT2D eigenvalue weighted by atomic mass is 10.2. The first-order valence-corrected chi connectivity index (χ1v) is 11.9. The fourth-order valence-electron chi connectivity index (χ4n) is 2.92. The molecule has 32 heavy (non-hydrogen) atoms. The number of rotatable bonds is 8. The van der Waals surface area contributed by atoms with Crippen LogP contribution < -0.4 is 24.7 Å². The van der Waals surface area contributed by atoms with Crippen molar-refractivity contribution in [2.24, 2.45) is 5.14 Å². The van der Waals surface area contributed by atoms with E-state index in [1.54, 1.807) is 36.4 Å². The Morgan fingerprint density at radius 2 is 1.78 bits per heavy atom. The summed E-state index contributed by atoms with van der Waals surface area (Å²) in [6.07, 6.45) is 0. The van der Waals surface area contributed by atoms with Crippen LogP contribution in [-0.4, -0.2) is 28.5 Å². The zero-order chi connectivity index (χ0) is 23.3. The van der Waals surface area contributed by atoms with E-state index >= 15 is 0 Å². The average molecular weight is 568 g/mol. The van der Waals surface area contributed by atoms with E-state index in [-0.39, 0.29) is 23.2 Å². The highest BCUT2D eigenvalue weighted by atomic mass is 127. The highest BCUT2D eigenvalue weighted by Gasteiger charge is 2.18. The molecule has 0 radical (unpaired) electrons. The summed E-state index contributed by atoms with van der Waals surface area (Å²) in [7, 11) is -1.01. The van der Waals surface area contributed by atoms with E-state index in [1.807, 2.05) is 6.07 Å². The number of halogens is 1. The molecule has 0 fully saturated rings. The van der Waals surface area contributed by atoms with Crippen molar-refractivity contribution in [3.8, 4) is 17.2 Å². The Labute approximate surface area is 199 Å². The molecule has 0 aromatic heterocycles. The summed E-state index contributed by atoms with van der Waals surface area (Å²) in [6, 6.07) is 16.4. The largest absolute Gasteiger partial charge is 0.497 e. The van der Waals surface area contributed by atoms with Crippen molar-refractivity contribution >= 4 is 44.2 Å². The molecule has 3 aromatic carbocycles. The third kappa shape index (κ3) is 5.90. The zero-order valence-corrected chi connectivity index (χ0v) is 20.3. The smallest absolute Gasteiger partial charge is 0.255 e. The van der Waals surface area contributed by atoms with E-state index in [1.165, 1.54) is 32.4 Å². The molecule has 0 aliphatic heterocycles. The third-order valence-electron chi connectivity index (χ3n) is 4.47. The Morgan fingerprint density at radius 3 is 2.44 bits per heavy atom. The SMILES string of the molecule is COc1ccc(OC)c(COc2cc(NC(=O)c3cccc(I)c3)ccc2S(N)(=O)=O)c1. The van der Waals surface area contributed by atoms with Gasteiger partial charge in [0, 0.05) is 26.5 Å². The second-order valence-electron chi connectivity index (χ2n) is 6.64. The van der Waals surface area contributed by atoms with Crippen LogP contribution in [-0.2, 0) is 16.6 Å². The Bertz CT molecular complexity index is 1250. The number of ether oxygens (including phenoxy) is 3. The van der Waals surface area contributed by atoms with Gasteiger partial charge in [-0.2, -0.15) is 0 Å². The van der Waals surface area contributed by atoms with Gasteiger partial charge < -0.3 is 19.5 Å². The molecular formula is C22H21IN2O6S. The van der Waals surface area contributed by atoms with Crippen LogP contribution in [0.15, 0.2) is 65.6 Å². The molecule has 0 bridgehead atoms. The second-order valence-corrected chi connectivity index (χ2v) is 9.41. The lowest BCUT2D eigenvalue weighted by molar-refractivity contribution is 0.102. The predicted molar refractivity (Wildman–Crippen MR) is 129 cm³/mol. The van der Waals surface area contributed by atoms with Crippen molar-refractivity contribution < 1.29 is 27.4 Å². The first kappa shape index (κ1) is 23.8. The van der Waals surface area contributed by atoms with Gasteiger partial charge in [-0.3, -0.25) is 4.79 Å². The lowest BCUT2D eigenvalue weighted by Crippen LogP contribution is -2.16. The van der Waals surface area contributed by atoms with Crippen LogP contribution in [0.4, 0.5) is 5.69 Å². The molecule has 0 heterocycles. The van der Waals surface area contributed by atoms with Crippen molar-refractivity contribution in [2.75, 3.05) is 19.5 Å². The maximum absolute atomic E-state index is 12.6. The molecule has 8 nitrogen and oxygen atoms in total. The molecule has 0 aliphatic carbocycles. The van der Waals surface area contributed by atoms with Crippen molar-refractivity contribution in [1.82, 2.24) is 0 Å². The number of carbonyl (C=O) groups excluding carboxylic acids is 1. The van der Waals surface area contributed by atoms with Gasteiger partial charge >= 0.3 is 0 Å². The number of sulfonamides is 1. The van der Waals surface area contributed by atoms with E-state index < -0.39 is 10.0 Å². The Kier molecular flexibility index (Phi) is 7.59. The number of primary sulfonamides is 1. The normalized spacial score (nSPS) is 11.0. The van der Waals surface area contributed by atoms with E-state index in [2.05, 4.69) is 27.9 Å². The second kappa shape index (κ2) is 10.2. The summed E-state index contributed by atoms with van der Waals surface area (Å²) in [6.45, 7) is -0.0167. The number of benzene rings is 3. The first-order chi connectivity index (χ1) is 15.2. The highest BCUT2D eigenvalue weighted by Crippen LogP contribution is 2.30. The van der Waals surface area contributed by atoms with Crippen LogP contribution in [0.3, 0.4) is 0 Å². The zero-order valence-electron chi connectivity index (χ0n) is 17.3. The van der Waals surface area contributed by atoms with Gasteiger partial charge in [-0.25, -0.2) is 13.6 Å². The van der Waals surface area contributed by atoms with Crippen LogP contribution in [0, 0.1) is 3.57 Å². The molecule has 0 spiro atoms. The van der Waals surface area contributed by atoms with Crippen LogP contribution in [0.5, 0.6) is 17.2 Å². The molecule has 1 amide bonds. The minimum Gasteiger partial charge on any atom is -0.497 e. The molecular weight excluding hydrogens is 547 g/mol. The molecule has 3 aromatic rings. The fraction of sp³-hybridized carbons (Fsp3) is 0.136. The quantitative estimate of drug-likeness (QED) is 0.400. The van der Waals surface area contributed by atoms with Gasteiger partial charge in [-0.05, 0) is 71.1 Å².